The van der Waals surface area contributed by atoms with Crippen LogP contribution < -0.4 is 5.32 Å². The van der Waals surface area contributed by atoms with Crippen LogP contribution in [0, 0.1) is 5.92 Å². The summed E-state index contributed by atoms with van der Waals surface area (Å²) in [5.74, 6) is 0.0489. The highest BCUT2D eigenvalue weighted by atomic mass is 16.3. The molecule has 4 heteroatoms. The fourth-order valence-corrected chi connectivity index (χ4v) is 1.33. The third-order valence-corrected chi connectivity index (χ3v) is 2.24. The lowest BCUT2D eigenvalue weighted by atomic mass is 9.91. The summed E-state index contributed by atoms with van der Waals surface area (Å²) in [7, 11) is 0. The molecule has 0 aromatic carbocycles. The van der Waals surface area contributed by atoms with Crippen molar-refractivity contribution in [1.29, 1.82) is 0 Å². The van der Waals surface area contributed by atoms with Crippen LogP contribution in [-0.2, 0) is 0 Å². The minimum atomic E-state index is -0.844. The first kappa shape index (κ1) is 8.93. The van der Waals surface area contributed by atoms with Crippen molar-refractivity contribution >= 4 is 0 Å². The van der Waals surface area contributed by atoms with E-state index in [9.17, 15) is 10.2 Å². The highest BCUT2D eigenvalue weighted by Crippen LogP contribution is 2.14. The molecular formula is C7H15NO3. The fraction of sp³-hybridized carbons (Fsp3) is 1.00. The molecule has 1 aliphatic heterocycles. The second-order valence-corrected chi connectivity index (χ2v) is 3.16. The number of nitrogens with one attached hydrogen (secondary N) is 1. The molecule has 0 bridgehead atoms. The maximum absolute atomic E-state index is 9.35. The van der Waals surface area contributed by atoms with E-state index >= 15 is 0 Å². The lowest BCUT2D eigenvalue weighted by Gasteiger charge is -2.35. The van der Waals surface area contributed by atoms with E-state index in [4.69, 9.17) is 5.11 Å². The molecule has 4 nitrogen and oxygen atoms in total. The number of rotatable bonds is 1. The standard InChI is InChI=1S/C7H15NO3/c1-4-2-8-5(3-9)7(11)6(4)10/h4-11H,2-3H2,1H3/t4-,5-,6-,7+/m1/s1. The van der Waals surface area contributed by atoms with Crippen molar-refractivity contribution < 1.29 is 15.3 Å². The first-order valence-electron chi connectivity index (χ1n) is 3.87. The zero-order chi connectivity index (χ0) is 8.43. The Hall–Kier alpha value is -0.160. The molecule has 1 saturated heterocycles. The van der Waals surface area contributed by atoms with Gasteiger partial charge in [0.2, 0.25) is 0 Å². The second-order valence-electron chi connectivity index (χ2n) is 3.16. The van der Waals surface area contributed by atoms with Crippen molar-refractivity contribution in [2.24, 2.45) is 5.92 Å². The summed E-state index contributed by atoms with van der Waals surface area (Å²) in [6.45, 7) is 2.36. The first-order chi connectivity index (χ1) is 5.16. The Morgan fingerprint density at radius 3 is 2.55 bits per heavy atom. The van der Waals surface area contributed by atoms with E-state index in [1.165, 1.54) is 0 Å². The zero-order valence-electron chi connectivity index (χ0n) is 6.57. The SMILES string of the molecule is C[C@@H]1CN[C@H](CO)[C@H](O)[C@@H]1O. The van der Waals surface area contributed by atoms with Crippen LogP contribution >= 0.6 is 0 Å². The van der Waals surface area contributed by atoms with Gasteiger partial charge in [0.05, 0.1) is 24.9 Å². The molecule has 1 fully saturated rings. The van der Waals surface area contributed by atoms with Gasteiger partial charge in [-0.1, -0.05) is 6.92 Å². The summed E-state index contributed by atoms with van der Waals surface area (Å²) in [5, 5.41) is 30.4. The summed E-state index contributed by atoms with van der Waals surface area (Å²) in [6.07, 6.45) is -1.56. The maximum Gasteiger partial charge on any atom is 0.0977 e. The fourth-order valence-electron chi connectivity index (χ4n) is 1.33. The minimum Gasteiger partial charge on any atom is -0.395 e. The molecule has 11 heavy (non-hydrogen) atoms. The van der Waals surface area contributed by atoms with Gasteiger partial charge in [0.15, 0.2) is 0 Å². The summed E-state index contributed by atoms with van der Waals surface area (Å²) >= 11 is 0. The van der Waals surface area contributed by atoms with Crippen LogP contribution in [0.3, 0.4) is 0 Å². The van der Waals surface area contributed by atoms with E-state index in [0.29, 0.717) is 6.54 Å². The summed E-state index contributed by atoms with van der Waals surface area (Å²) in [4.78, 5) is 0. The molecule has 1 aliphatic rings. The Kier molecular flexibility index (Phi) is 2.84. The molecule has 0 aromatic rings. The molecule has 0 unspecified atom stereocenters. The third kappa shape index (κ3) is 1.70. The van der Waals surface area contributed by atoms with Crippen LogP contribution in [0.15, 0.2) is 0 Å². The van der Waals surface area contributed by atoms with Crippen LogP contribution in [0.25, 0.3) is 0 Å². The topological polar surface area (TPSA) is 72.7 Å². The average Bonchev–Trinajstić information content (AvgIpc) is 2.01. The maximum atomic E-state index is 9.35. The summed E-state index contributed by atoms with van der Waals surface area (Å²) in [6, 6.07) is -0.374. The number of hydrogen-bond acceptors (Lipinski definition) is 4. The van der Waals surface area contributed by atoms with Crippen molar-refractivity contribution in [3.63, 3.8) is 0 Å². The molecule has 0 radical (unpaired) electrons. The van der Waals surface area contributed by atoms with Gasteiger partial charge < -0.3 is 20.6 Å². The molecular weight excluding hydrogens is 146 g/mol. The smallest absolute Gasteiger partial charge is 0.0977 e. The van der Waals surface area contributed by atoms with Crippen molar-refractivity contribution in [1.82, 2.24) is 5.32 Å². The van der Waals surface area contributed by atoms with Crippen LogP contribution in [0.2, 0.25) is 0 Å². The molecule has 0 aliphatic carbocycles. The van der Waals surface area contributed by atoms with Gasteiger partial charge in [-0.05, 0) is 5.92 Å². The van der Waals surface area contributed by atoms with Gasteiger partial charge in [0.25, 0.3) is 0 Å². The van der Waals surface area contributed by atoms with Gasteiger partial charge in [-0.2, -0.15) is 0 Å². The molecule has 66 valence electrons. The van der Waals surface area contributed by atoms with Gasteiger partial charge in [-0.3, -0.25) is 0 Å². The Morgan fingerprint density at radius 1 is 1.36 bits per heavy atom. The Bertz CT molecular complexity index is 129. The third-order valence-electron chi connectivity index (χ3n) is 2.24. The predicted octanol–water partition coefficient (Wildman–Crippen LogP) is -1.69. The van der Waals surface area contributed by atoms with Crippen molar-refractivity contribution in [3.8, 4) is 0 Å². The average molecular weight is 161 g/mol. The second kappa shape index (κ2) is 3.49. The Morgan fingerprint density at radius 2 is 2.00 bits per heavy atom. The van der Waals surface area contributed by atoms with Crippen LogP contribution in [-0.4, -0.2) is 46.7 Å². The van der Waals surface area contributed by atoms with E-state index in [-0.39, 0.29) is 18.6 Å². The number of aliphatic hydroxyl groups is 3. The van der Waals surface area contributed by atoms with E-state index in [1.54, 1.807) is 0 Å². The zero-order valence-corrected chi connectivity index (χ0v) is 6.57. The molecule has 0 spiro atoms. The largest absolute Gasteiger partial charge is 0.395 e. The van der Waals surface area contributed by atoms with E-state index in [1.807, 2.05) is 6.92 Å². The summed E-state index contributed by atoms with van der Waals surface area (Å²) in [5.41, 5.74) is 0. The van der Waals surface area contributed by atoms with Gasteiger partial charge >= 0.3 is 0 Å². The monoisotopic (exact) mass is 161 g/mol. The lowest BCUT2D eigenvalue weighted by molar-refractivity contribution is -0.0639. The molecule has 0 saturated carbocycles. The minimum absolute atomic E-state index is 0.0489. The molecule has 1 rings (SSSR count). The molecule has 4 N–H and O–H groups in total. The number of aliphatic hydroxyl groups excluding tert-OH is 3. The van der Waals surface area contributed by atoms with Crippen molar-refractivity contribution in [2.45, 2.75) is 25.2 Å². The van der Waals surface area contributed by atoms with E-state index in [2.05, 4.69) is 5.32 Å². The molecule has 0 amide bonds. The van der Waals surface area contributed by atoms with Gasteiger partial charge in [-0.25, -0.2) is 0 Å². The van der Waals surface area contributed by atoms with Crippen LogP contribution in [0.1, 0.15) is 6.92 Å². The summed E-state index contributed by atoms with van der Waals surface area (Å²) < 4.78 is 0. The quantitative estimate of drug-likeness (QED) is 0.370. The first-order valence-corrected chi connectivity index (χ1v) is 3.87. The predicted molar refractivity (Wildman–Crippen MR) is 40.1 cm³/mol. The van der Waals surface area contributed by atoms with Crippen molar-refractivity contribution in [2.75, 3.05) is 13.2 Å². The Balaban J connectivity index is 2.52. The highest BCUT2D eigenvalue weighted by molar-refractivity contribution is 4.89. The number of hydrogen-bond donors (Lipinski definition) is 4. The van der Waals surface area contributed by atoms with Gasteiger partial charge in [0, 0.05) is 6.54 Å². The van der Waals surface area contributed by atoms with Crippen LogP contribution in [0.5, 0.6) is 0 Å². The van der Waals surface area contributed by atoms with Gasteiger partial charge in [0.1, 0.15) is 0 Å². The normalized spacial score (nSPS) is 45.8. The lowest BCUT2D eigenvalue weighted by Crippen LogP contribution is -2.57. The van der Waals surface area contributed by atoms with E-state index in [0.717, 1.165) is 0 Å². The number of piperidine rings is 1. The molecule has 0 aromatic heterocycles. The van der Waals surface area contributed by atoms with E-state index < -0.39 is 12.2 Å². The molecule has 4 atom stereocenters. The molecule has 1 heterocycles. The van der Waals surface area contributed by atoms with Crippen molar-refractivity contribution in [3.05, 3.63) is 0 Å². The Labute approximate surface area is 65.9 Å². The highest BCUT2D eigenvalue weighted by Gasteiger charge is 2.34. The van der Waals surface area contributed by atoms with Gasteiger partial charge in [-0.15, -0.1) is 0 Å². The van der Waals surface area contributed by atoms with Crippen LogP contribution in [0.4, 0.5) is 0 Å².